The highest BCUT2D eigenvalue weighted by Crippen LogP contribution is 2.23. The second-order valence-electron chi connectivity index (χ2n) is 4.87. The molecule has 0 amide bonds. The van der Waals surface area contributed by atoms with Crippen molar-refractivity contribution in [2.75, 3.05) is 5.73 Å². The van der Waals surface area contributed by atoms with Crippen LogP contribution in [0.25, 0.3) is 0 Å². The highest BCUT2D eigenvalue weighted by atomic mass is 79.9. The molecule has 0 unspecified atom stereocenters. The average molecular weight is 354 g/mol. The van der Waals surface area contributed by atoms with E-state index in [1.54, 1.807) is 18.2 Å². The van der Waals surface area contributed by atoms with Gasteiger partial charge in [0.05, 0.1) is 11.5 Å². The van der Waals surface area contributed by atoms with Crippen LogP contribution < -0.4 is 5.73 Å². The molecule has 106 valence electrons. The Morgan fingerprint density at radius 2 is 1.85 bits per heavy atom. The van der Waals surface area contributed by atoms with Crippen LogP contribution in [0, 0.1) is 6.92 Å². The molecule has 0 radical (unpaired) electrons. The summed E-state index contributed by atoms with van der Waals surface area (Å²) in [4.78, 5) is 0. The quantitative estimate of drug-likeness (QED) is 0.856. The van der Waals surface area contributed by atoms with E-state index < -0.39 is 9.84 Å². The molecule has 0 aliphatic rings. The summed E-state index contributed by atoms with van der Waals surface area (Å²) in [5.41, 5.74) is 8.87. The van der Waals surface area contributed by atoms with Gasteiger partial charge in [0.15, 0.2) is 9.84 Å². The van der Waals surface area contributed by atoms with Crippen molar-refractivity contribution in [2.24, 2.45) is 0 Å². The lowest BCUT2D eigenvalue weighted by atomic mass is 10.2. The lowest BCUT2D eigenvalue weighted by molar-refractivity contribution is 0.594. The third-order valence-electron chi connectivity index (χ3n) is 2.92. The number of aryl methyl sites for hydroxylation is 1. The van der Waals surface area contributed by atoms with E-state index in [-0.39, 0.29) is 11.5 Å². The molecule has 0 fully saturated rings. The first-order valence-corrected chi connectivity index (χ1v) is 8.77. The minimum absolute atomic E-state index is 0.00179. The molecule has 2 aromatic carbocycles. The number of anilines is 1. The van der Waals surface area contributed by atoms with E-state index >= 15 is 0 Å². The molecule has 0 spiro atoms. The lowest BCUT2D eigenvalue weighted by Crippen LogP contribution is -2.08. The predicted octanol–water partition coefficient (Wildman–Crippen LogP) is 3.45. The van der Waals surface area contributed by atoms with Gasteiger partial charge in [-0.1, -0.05) is 51.8 Å². The Morgan fingerprint density at radius 3 is 2.50 bits per heavy atom. The first-order chi connectivity index (χ1) is 9.35. The number of benzene rings is 2. The normalized spacial score (nSPS) is 11.5. The van der Waals surface area contributed by atoms with Crippen LogP contribution in [0.4, 0.5) is 5.69 Å². The molecule has 0 aliphatic carbocycles. The van der Waals surface area contributed by atoms with Gasteiger partial charge in [0.2, 0.25) is 0 Å². The van der Waals surface area contributed by atoms with Crippen LogP contribution in [0.3, 0.4) is 0 Å². The fourth-order valence-corrected chi connectivity index (χ4v) is 4.26. The minimum atomic E-state index is -3.21. The van der Waals surface area contributed by atoms with Gasteiger partial charge in [-0.15, -0.1) is 0 Å². The number of nitrogens with two attached hydrogens (primary N) is 1. The van der Waals surface area contributed by atoms with Crippen LogP contribution in [-0.4, -0.2) is 8.42 Å². The predicted molar refractivity (Wildman–Crippen MR) is 86.1 cm³/mol. The third kappa shape index (κ3) is 4.08. The second-order valence-corrected chi connectivity index (χ2v) is 7.79. The van der Waals surface area contributed by atoms with Crippen LogP contribution in [0.2, 0.25) is 0 Å². The summed E-state index contributed by atoms with van der Waals surface area (Å²) in [7, 11) is -3.21. The summed E-state index contributed by atoms with van der Waals surface area (Å²) in [5, 5.41) is 0. The van der Waals surface area contributed by atoms with Gasteiger partial charge in [-0.05, 0) is 30.2 Å². The van der Waals surface area contributed by atoms with Gasteiger partial charge in [-0.3, -0.25) is 0 Å². The largest absolute Gasteiger partial charge is 0.399 e. The number of halogens is 1. The molecule has 0 saturated carbocycles. The topological polar surface area (TPSA) is 60.2 Å². The fraction of sp³-hybridized carbons (Fsp3) is 0.200. The zero-order valence-corrected chi connectivity index (χ0v) is 13.5. The minimum Gasteiger partial charge on any atom is -0.399 e. The Balaban J connectivity index is 2.19. The van der Waals surface area contributed by atoms with Crippen LogP contribution in [0.15, 0.2) is 46.9 Å². The van der Waals surface area contributed by atoms with Crippen LogP contribution in [-0.2, 0) is 21.3 Å². The van der Waals surface area contributed by atoms with E-state index in [9.17, 15) is 8.42 Å². The van der Waals surface area contributed by atoms with Crippen molar-refractivity contribution in [2.45, 2.75) is 18.4 Å². The SMILES string of the molecule is Cc1cccc(CS(=O)(=O)Cc2ccc(N)cc2Br)c1. The van der Waals surface area contributed by atoms with Gasteiger partial charge in [0.25, 0.3) is 0 Å². The van der Waals surface area contributed by atoms with Gasteiger partial charge in [0, 0.05) is 10.2 Å². The lowest BCUT2D eigenvalue weighted by Gasteiger charge is -2.08. The van der Waals surface area contributed by atoms with E-state index in [1.165, 1.54) is 0 Å². The van der Waals surface area contributed by atoms with Gasteiger partial charge in [0.1, 0.15) is 0 Å². The van der Waals surface area contributed by atoms with Crippen molar-refractivity contribution in [3.05, 3.63) is 63.6 Å². The zero-order chi connectivity index (χ0) is 14.8. The van der Waals surface area contributed by atoms with Crippen molar-refractivity contribution in [1.29, 1.82) is 0 Å². The molecule has 2 N–H and O–H groups in total. The van der Waals surface area contributed by atoms with Crippen molar-refractivity contribution in [3.8, 4) is 0 Å². The molecular weight excluding hydrogens is 338 g/mol. The Labute approximate surface area is 127 Å². The Bertz CT molecular complexity index is 726. The van der Waals surface area contributed by atoms with Crippen LogP contribution in [0.1, 0.15) is 16.7 Å². The first kappa shape index (κ1) is 15.1. The molecule has 20 heavy (non-hydrogen) atoms. The molecule has 2 aromatic rings. The molecule has 0 bridgehead atoms. The number of hydrogen-bond acceptors (Lipinski definition) is 3. The standard InChI is InChI=1S/C15H16BrNO2S/c1-11-3-2-4-12(7-11)9-20(18,19)10-13-5-6-14(17)8-15(13)16/h2-8H,9-10,17H2,1H3. The summed E-state index contributed by atoms with van der Waals surface area (Å²) in [6.07, 6.45) is 0. The maximum Gasteiger partial charge on any atom is 0.158 e. The maximum absolute atomic E-state index is 12.3. The average Bonchev–Trinajstić information content (AvgIpc) is 2.32. The van der Waals surface area contributed by atoms with Crippen molar-refractivity contribution in [1.82, 2.24) is 0 Å². The number of sulfone groups is 1. The Hall–Kier alpha value is -1.33. The van der Waals surface area contributed by atoms with Crippen LogP contribution >= 0.6 is 15.9 Å². The summed E-state index contributed by atoms with van der Waals surface area (Å²) < 4.78 is 25.3. The molecule has 3 nitrogen and oxygen atoms in total. The zero-order valence-electron chi connectivity index (χ0n) is 11.1. The molecule has 0 saturated heterocycles. The monoisotopic (exact) mass is 353 g/mol. The van der Waals surface area contributed by atoms with E-state index in [1.807, 2.05) is 31.2 Å². The highest BCUT2D eigenvalue weighted by molar-refractivity contribution is 9.10. The fourth-order valence-electron chi connectivity index (χ4n) is 2.02. The first-order valence-electron chi connectivity index (χ1n) is 6.15. The van der Waals surface area contributed by atoms with Gasteiger partial charge in [-0.2, -0.15) is 0 Å². The maximum atomic E-state index is 12.3. The van der Waals surface area contributed by atoms with Crippen molar-refractivity contribution >= 4 is 31.5 Å². The van der Waals surface area contributed by atoms with Gasteiger partial charge in [-0.25, -0.2) is 8.42 Å². The Morgan fingerprint density at radius 1 is 1.10 bits per heavy atom. The molecule has 0 heterocycles. The summed E-state index contributed by atoms with van der Waals surface area (Å²) >= 11 is 3.35. The molecule has 0 aliphatic heterocycles. The van der Waals surface area contributed by atoms with Crippen molar-refractivity contribution < 1.29 is 8.42 Å². The molecular formula is C15H16BrNO2S. The van der Waals surface area contributed by atoms with E-state index in [0.717, 1.165) is 21.2 Å². The van der Waals surface area contributed by atoms with Crippen LogP contribution in [0.5, 0.6) is 0 Å². The van der Waals surface area contributed by atoms with E-state index in [2.05, 4.69) is 15.9 Å². The molecule has 5 heteroatoms. The second kappa shape index (κ2) is 5.97. The summed E-state index contributed by atoms with van der Waals surface area (Å²) in [5.74, 6) is 0.0489. The molecule has 0 atom stereocenters. The van der Waals surface area contributed by atoms with E-state index in [4.69, 9.17) is 5.73 Å². The number of hydrogen-bond donors (Lipinski definition) is 1. The van der Waals surface area contributed by atoms with E-state index in [0.29, 0.717) is 5.69 Å². The van der Waals surface area contributed by atoms with Crippen molar-refractivity contribution in [3.63, 3.8) is 0 Å². The number of nitrogen functional groups attached to an aromatic ring is 1. The molecule has 2 rings (SSSR count). The Kier molecular flexibility index (Phi) is 4.50. The summed E-state index contributed by atoms with van der Waals surface area (Å²) in [6.45, 7) is 1.95. The molecule has 0 aromatic heterocycles. The van der Waals surface area contributed by atoms with Gasteiger partial charge >= 0.3 is 0 Å². The third-order valence-corrected chi connectivity index (χ3v) is 5.18. The summed E-state index contributed by atoms with van der Waals surface area (Å²) in [6, 6.07) is 12.7. The van der Waals surface area contributed by atoms with Gasteiger partial charge < -0.3 is 5.73 Å². The number of rotatable bonds is 4. The smallest absolute Gasteiger partial charge is 0.158 e. The highest BCUT2D eigenvalue weighted by Gasteiger charge is 2.15.